The Hall–Kier alpha value is -3.87. The molecule has 1 saturated carbocycles. The van der Waals surface area contributed by atoms with Crippen molar-refractivity contribution in [3.05, 3.63) is 35.9 Å². The largest absolute Gasteiger partial charge is 0.459 e. The zero-order valence-corrected chi connectivity index (χ0v) is 34.0. The van der Waals surface area contributed by atoms with Crippen molar-refractivity contribution in [1.82, 2.24) is 26.4 Å². The predicted molar refractivity (Wildman–Crippen MR) is 209 cm³/mol. The number of benzene rings is 1. The van der Waals surface area contributed by atoms with Gasteiger partial charge in [-0.25, -0.2) is 14.6 Å². The molecular weight excluding hydrogens is 690 g/mol. The summed E-state index contributed by atoms with van der Waals surface area (Å²) in [6.45, 7) is 10.1. The van der Waals surface area contributed by atoms with Crippen molar-refractivity contribution in [3.63, 3.8) is 0 Å². The van der Waals surface area contributed by atoms with Crippen LogP contribution in [0.5, 0.6) is 0 Å². The third kappa shape index (κ3) is 18.0. The van der Waals surface area contributed by atoms with Crippen LogP contribution < -0.4 is 21.4 Å². The van der Waals surface area contributed by atoms with Crippen LogP contribution in [-0.2, 0) is 35.0 Å². The first-order chi connectivity index (χ1) is 25.9. The highest BCUT2D eigenvalue weighted by Gasteiger charge is 2.35. The number of hydrazine groups is 1. The van der Waals surface area contributed by atoms with Crippen LogP contribution in [0.15, 0.2) is 30.3 Å². The fraction of sp³-hybridized carbons (Fsp3) is 0.732. The first kappa shape index (κ1) is 46.3. The van der Waals surface area contributed by atoms with E-state index in [1.807, 2.05) is 58.0 Å². The zero-order valence-electron chi connectivity index (χ0n) is 34.0. The van der Waals surface area contributed by atoms with Gasteiger partial charge in [-0.3, -0.25) is 19.8 Å². The SMILES string of the molecule is CCCCCCCCCC(=O)OC(CN(CC1CCCCC1)NC(=O)C(NC(=O)OC)C(C)C)C(Cc1ccccc1)NC(=O)C(NC(=O)OC)C(C)C. The molecular formula is C41H69N5O8. The van der Waals surface area contributed by atoms with Gasteiger partial charge in [0, 0.05) is 13.0 Å². The molecule has 0 radical (unpaired) electrons. The number of nitrogens with zero attached hydrogens (tertiary/aromatic N) is 1. The van der Waals surface area contributed by atoms with Crippen molar-refractivity contribution in [2.45, 2.75) is 149 Å². The molecule has 13 nitrogen and oxygen atoms in total. The third-order valence-electron chi connectivity index (χ3n) is 10.0. The lowest BCUT2D eigenvalue weighted by Crippen LogP contribution is -2.60. The van der Waals surface area contributed by atoms with Crippen molar-refractivity contribution < 1.29 is 38.2 Å². The van der Waals surface area contributed by atoms with Crippen molar-refractivity contribution in [3.8, 4) is 0 Å². The zero-order chi connectivity index (χ0) is 39.9. The molecule has 13 heteroatoms. The van der Waals surface area contributed by atoms with Crippen LogP contribution in [0.2, 0.25) is 0 Å². The number of esters is 1. The highest BCUT2D eigenvalue weighted by atomic mass is 16.5. The molecule has 54 heavy (non-hydrogen) atoms. The lowest BCUT2D eigenvalue weighted by atomic mass is 9.89. The molecule has 1 aromatic carbocycles. The van der Waals surface area contributed by atoms with E-state index in [1.54, 1.807) is 5.01 Å². The highest BCUT2D eigenvalue weighted by molar-refractivity contribution is 5.86. The van der Waals surface area contributed by atoms with Gasteiger partial charge < -0.3 is 30.2 Å². The van der Waals surface area contributed by atoms with E-state index in [4.69, 9.17) is 14.2 Å². The number of ether oxygens (including phenoxy) is 3. The number of amides is 4. The van der Waals surface area contributed by atoms with E-state index in [2.05, 4.69) is 28.3 Å². The number of rotatable bonds is 24. The van der Waals surface area contributed by atoms with Gasteiger partial charge in [0.25, 0.3) is 5.91 Å². The van der Waals surface area contributed by atoms with Crippen molar-refractivity contribution in [2.75, 3.05) is 27.3 Å². The normalized spacial score (nSPS) is 15.5. The van der Waals surface area contributed by atoms with Crippen LogP contribution in [0.1, 0.15) is 124 Å². The number of methoxy groups -OCH3 is 2. The van der Waals surface area contributed by atoms with Gasteiger partial charge in [0.2, 0.25) is 5.91 Å². The molecule has 1 fully saturated rings. The van der Waals surface area contributed by atoms with Gasteiger partial charge in [-0.2, -0.15) is 0 Å². The molecule has 306 valence electrons. The van der Waals surface area contributed by atoms with Crippen LogP contribution in [-0.4, -0.2) is 86.5 Å². The fourth-order valence-electron chi connectivity index (χ4n) is 6.85. The number of alkyl carbamates (subject to hydrolysis) is 2. The van der Waals surface area contributed by atoms with Gasteiger partial charge in [-0.15, -0.1) is 0 Å². The Labute approximate surface area is 323 Å². The summed E-state index contributed by atoms with van der Waals surface area (Å²) in [6.07, 6.45) is 10.8. The maximum absolute atomic E-state index is 14.0. The summed E-state index contributed by atoms with van der Waals surface area (Å²) >= 11 is 0. The predicted octanol–water partition coefficient (Wildman–Crippen LogP) is 6.44. The fourth-order valence-corrected chi connectivity index (χ4v) is 6.85. The minimum Gasteiger partial charge on any atom is -0.459 e. The Balaban J connectivity index is 2.50. The smallest absolute Gasteiger partial charge is 0.407 e. The van der Waals surface area contributed by atoms with E-state index < -0.39 is 48.2 Å². The second-order valence-electron chi connectivity index (χ2n) is 15.3. The third-order valence-corrected chi connectivity index (χ3v) is 10.0. The van der Waals surface area contributed by atoms with E-state index in [1.165, 1.54) is 33.5 Å². The number of carbonyl (C=O) groups is 5. The monoisotopic (exact) mass is 760 g/mol. The Morgan fingerprint density at radius 2 is 1.30 bits per heavy atom. The molecule has 0 spiro atoms. The van der Waals surface area contributed by atoms with E-state index >= 15 is 0 Å². The molecule has 4 unspecified atom stereocenters. The average Bonchev–Trinajstić information content (AvgIpc) is 3.15. The van der Waals surface area contributed by atoms with Crippen LogP contribution in [0, 0.1) is 17.8 Å². The van der Waals surface area contributed by atoms with Gasteiger partial charge in [-0.05, 0) is 49.0 Å². The minimum atomic E-state index is -0.922. The number of hydrogen-bond acceptors (Lipinski definition) is 9. The number of carbonyl (C=O) groups excluding carboxylic acids is 5. The lowest BCUT2D eigenvalue weighted by molar-refractivity contribution is -0.154. The summed E-state index contributed by atoms with van der Waals surface area (Å²) < 4.78 is 15.9. The Morgan fingerprint density at radius 1 is 0.741 bits per heavy atom. The first-order valence-corrected chi connectivity index (χ1v) is 20.2. The highest BCUT2D eigenvalue weighted by Crippen LogP contribution is 2.25. The molecule has 1 aliphatic rings. The van der Waals surface area contributed by atoms with E-state index in [0.29, 0.717) is 19.4 Å². The average molecular weight is 760 g/mol. The number of hydrogen-bond donors (Lipinski definition) is 4. The van der Waals surface area contributed by atoms with Crippen molar-refractivity contribution in [2.24, 2.45) is 17.8 Å². The van der Waals surface area contributed by atoms with Crippen molar-refractivity contribution in [1.29, 1.82) is 0 Å². The molecule has 2 rings (SSSR count). The van der Waals surface area contributed by atoms with Gasteiger partial charge in [0.1, 0.15) is 18.2 Å². The standard InChI is InChI=1S/C41H69N5O8/c1-8-9-10-11-12-13-20-25-35(47)54-34(33(26-31-21-16-14-17-22-31)42-38(48)36(29(2)3)43-40(50)52-6)28-46(27-32-23-18-15-19-24-32)45-39(49)37(30(4)5)44-41(51)53-7/h14,16-17,21-22,29-30,32-34,36-37H,8-13,15,18-20,23-28H2,1-7H3,(H,42,48)(H,43,50)(H,44,51)(H,45,49). The molecule has 0 aromatic heterocycles. The van der Waals surface area contributed by atoms with Gasteiger partial charge >= 0.3 is 18.2 Å². The molecule has 0 heterocycles. The van der Waals surface area contributed by atoms with Gasteiger partial charge in [-0.1, -0.05) is 123 Å². The summed E-state index contributed by atoms with van der Waals surface area (Å²) in [5, 5.41) is 10.2. The topological polar surface area (TPSA) is 164 Å². The Morgan fingerprint density at radius 3 is 1.85 bits per heavy atom. The number of nitrogens with one attached hydrogen (secondary N) is 4. The summed E-state index contributed by atoms with van der Waals surface area (Å²) in [4.78, 5) is 65.9. The van der Waals surface area contributed by atoms with E-state index in [0.717, 1.165) is 56.9 Å². The van der Waals surface area contributed by atoms with Crippen LogP contribution in [0.4, 0.5) is 9.59 Å². The summed E-state index contributed by atoms with van der Waals surface area (Å²) in [6, 6.07) is 7.05. The Kier molecular flexibility index (Phi) is 22.3. The Bertz CT molecular complexity index is 1260. The maximum atomic E-state index is 14.0. The maximum Gasteiger partial charge on any atom is 0.407 e. The quantitative estimate of drug-likeness (QED) is 0.0402. The van der Waals surface area contributed by atoms with Crippen LogP contribution in [0.3, 0.4) is 0 Å². The summed E-state index contributed by atoms with van der Waals surface area (Å²) in [7, 11) is 2.49. The summed E-state index contributed by atoms with van der Waals surface area (Å²) in [5.74, 6) is -1.51. The second-order valence-corrected chi connectivity index (χ2v) is 15.3. The minimum absolute atomic E-state index is 0.0720. The lowest BCUT2D eigenvalue weighted by Gasteiger charge is -2.36. The van der Waals surface area contributed by atoms with Gasteiger partial charge in [0.15, 0.2) is 0 Å². The molecule has 0 saturated heterocycles. The molecule has 0 bridgehead atoms. The van der Waals surface area contributed by atoms with Gasteiger partial charge in [0.05, 0.1) is 26.8 Å². The molecule has 1 aromatic rings. The molecule has 1 aliphatic carbocycles. The molecule has 4 N–H and O–H groups in total. The number of unbranched alkanes of at least 4 members (excludes halogenated alkanes) is 6. The van der Waals surface area contributed by atoms with Crippen molar-refractivity contribution >= 4 is 30.0 Å². The van der Waals surface area contributed by atoms with Crippen LogP contribution in [0.25, 0.3) is 0 Å². The van der Waals surface area contributed by atoms with Crippen LogP contribution >= 0.6 is 0 Å². The second kappa shape index (κ2) is 26.0. The molecule has 4 atom stereocenters. The van der Waals surface area contributed by atoms with E-state index in [9.17, 15) is 24.0 Å². The summed E-state index contributed by atoms with van der Waals surface area (Å²) in [5.41, 5.74) is 3.95. The molecule has 0 aliphatic heterocycles. The first-order valence-electron chi connectivity index (χ1n) is 20.2. The molecule has 4 amide bonds. The van der Waals surface area contributed by atoms with E-state index in [-0.39, 0.29) is 36.7 Å².